The van der Waals surface area contributed by atoms with Gasteiger partial charge in [0.05, 0.1) is 28.6 Å². The molecule has 13 nitrogen and oxygen atoms in total. The number of nitro groups is 1. The van der Waals surface area contributed by atoms with E-state index >= 15 is 0 Å². The summed E-state index contributed by atoms with van der Waals surface area (Å²) in [7, 11) is -4.56. The van der Waals surface area contributed by atoms with Crippen LogP contribution in [0.1, 0.15) is 49.0 Å². The fraction of sp³-hybridized carbons (Fsp3) is 0.357. The van der Waals surface area contributed by atoms with Gasteiger partial charge in [0, 0.05) is 73.7 Å². The van der Waals surface area contributed by atoms with Gasteiger partial charge in [-0.15, -0.1) is 0 Å². The van der Waals surface area contributed by atoms with E-state index in [0.29, 0.717) is 37.1 Å². The molecule has 0 atom stereocenters. The van der Waals surface area contributed by atoms with Crippen molar-refractivity contribution in [3.05, 3.63) is 122 Å². The number of amides is 1. The number of hydrazine groups is 1. The van der Waals surface area contributed by atoms with Gasteiger partial charge in [0.2, 0.25) is 0 Å². The maximum absolute atomic E-state index is 13.8. The number of nitrogens with one attached hydrogen (secondary N) is 2. The molecule has 3 aliphatic rings. The summed E-state index contributed by atoms with van der Waals surface area (Å²) in [6.07, 6.45) is 3.19. The second-order valence-electron chi connectivity index (χ2n) is 15.5. The number of nitro benzene ring substituents is 1. The Hall–Kier alpha value is -4.70. The normalized spacial score (nSPS) is 17.8. The lowest BCUT2D eigenvalue weighted by atomic mass is 9.72. The first-order valence-corrected chi connectivity index (χ1v) is 21.4. The van der Waals surface area contributed by atoms with Crippen molar-refractivity contribution >= 4 is 61.8 Å². The number of allylic oxidation sites excluding steroid dienone is 1. The Morgan fingerprint density at radius 1 is 0.914 bits per heavy atom. The Morgan fingerprint density at radius 3 is 2.36 bits per heavy atom. The highest BCUT2D eigenvalue weighted by Gasteiger charge is 2.30. The molecule has 2 heterocycles. The largest absolute Gasteiger partial charge is 0.456 e. The average molecular weight is 850 g/mol. The summed E-state index contributed by atoms with van der Waals surface area (Å²) in [6, 6.07) is 23.3. The number of benzene rings is 4. The number of sulfonamides is 1. The monoisotopic (exact) mass is 848 g/mol. The van der Waals surface area contributed by atoms with Crippen LogP contribution in [-0.2, 0) is 14.8 Å². The molecule has 0 aromatic heterocycles. The van der Waals surface area contributed by atoms with E-state index in [9.17, 15) is 23.3 Å². The van der Waals surface area contributed by atoms with Crippen LogP contribution in [0.4, 0.5) is 17.1 Å². The number of nitrogens with zero attached hydrogens (tertiary/aromatic N) is 4. The lowest BCUT2D eigenvalue weighted by Crippen LogP contribution is -2.47. The number of morpholine rings is 1. The molecule has 1 amide bonds. The summed E-state index contributed by atoms with van der Waals surface area (Å²) in [4.78, 5) is 29.3. The number of piperazine rings is 1. The van der Waals surface area contributed by atoms with E-state index in [0.717, 1.165) is 68.8 Å². The van der Waals surface area contributed by atoms with Crippen LogP contribution in [-0.4, -0.2) is 88.2 Å². The van der Waals surface area contributed by atoms with E-state index in [4.69, 9.17) is 32.7 Å². The molecule has 0 bridgehead atoms. The third-order valence-corrected chi connectivity index (χ3v) is 12.6. The Morgan fingerprint density at radius 2 is 1.66 bits per heavy atom. The van der Waals surface area contributed by atoms with Gasteiger partial charge in [0.1, 0.15) is 17.2 Å². The molecule has 7 rings (SSSR count). The lowest BCUT2D eigenvalue weighted by molar-refractivity contribution is -0.384. The highest BCUT2D eigenvalue weighted by Crippen LogP contribution is 2.43. The molecule has 306 valence electrons. The van der Waals surface area contributed by atoms with Crippen LogP contribution in [0.15, 0.2) is 95.4 Å². The van der Waals surface area contributed by atoms with E-state index in [-0.39, 0.29) is 22.4 Å². The quantitative estimate of drug-likeness (QED) is 0.105. The topological polar surface area (TPSA) is 147 Å². The molecular formula is C42H46Cl2N6O7S. The average Bonchev–Trinajstić information content (AvgIpc) is 3.19. The van der Waals surface area contributed by atoms with Gasteiger partial charge in [-0.25, -0.2) is 18.1 Å². The minimum Gasteiger partial charge on any atom is -0.456 e. The molecule has 0 spiro atoms. The van der Waals surface area contributed by atoms with Crippen molar-refractivity contribution in [2.45, 2.75) is 38.0 Å². The van der Waals surface area contributed by atoms with Crippen LogP contribution in [0.2, 0.25) is 10.0 Å². The Bertz CT molecular complexity index is 2310. The van der Waals surface area contributed by atoms with Crippen molar-refractivity contribution in [3.63, 3.8) is 0 Å². The van der Waals surface area contributed by atoms with Crippen molar-refractivity contribution in [2.24, 2.45) is 5.41 Å². The summed E-state index contributed by atoms with van der Waals surface area (Å²) in [5.41, 5.74) is 7.70. The fourth-order valence-corrected chi connectivity index (χ4v) is 8.83. The number of carbonyl (C=O) groups excluding carboxylic acids is 1. The number of hydrogen-bond donors (Lipinski definition) is 2. The first-order valence-electron chi connectivity index (χ1n) is 19.2. The van der Waals surface area contributed by atoms with Crippen LogP contribution < -0.4 is 19.8 Å². The predicted octanol–water partition coefficient (Wildman–Crippen LogP) is 8.26. The van der Waals surface area contributed by atoms with Gasteiger partial charge in [-0.3, -0.25) is 19.8 Å². The maximum Gasteiger partial charge on any atom is 0.295 e. The standard InChI is InChI=1S/C42H46Cl2N6O7S/c1-42(2)15-14-30(37(27-42)29-6-8-31(43)9-7-29)28-47-16-18-48(19-17-47)33-10-12-36(40(25-33)57-34-5-3-4-32(44)24-34)41(51)46-58(54,55)35-11-13-38(39(26-35)50(52)53)45-49-20-22-56-23-21-49/h3-13,24-26,45H,14-23,27-28H2,1-2H3,(H,46,51). The fourth-order valence-electron chi connectivity index (χ4n) is 7.54. The molecule has 0 unspecified atom stereocenters. The minimum atomic E-state index is -4.56. The number of anilines is 2. The lowest BCUT2D eigenvalue weighted by Gasteiger charge is -2.39. The van der Waals surface area contributed by atoms with Gasteiger partial charge in [-0.05, 0) is 90.4 Å². The smallest absolute Gasteiger partial charge is 0.295 e. The molecular weight excluding hydrogens is 803 g/mol. The first-order chi connectivity index (χ1) is 27.7. The van der Waals surface area contributed by atoms with E-state index in [1.165, 1.54) is 34.9 Å². The van der Waals surface area contributed by atoms with Gasteiger partial charge in [-0.2, -0.15) is 0 Å². The van der Waals surface area contributed by atoms with Crippen molar-refractivity contribution in [1.82, 2.24) is 14.6 Å². The van der Waals surface area contributed by atoms with E-state index < -0.39 is 31.4 Å². The minimum absolute atomic E-state index is 0.0482. The molecule has 0 saturated carbocycles. The van der Waals surface area contributed by atoms with Crippen molar-refractivity contribution < 1.29 is 27.6 Å². The Kier molecular flexibility index (Phi) is 12.6. The molecule has 4 aromatic rings. The number of halogens is 2. The second kappa shape index (κ2) is 17.7. The van der Waals surface area contributed by atoms with Gasteiger partial charge >= 0.3 is 0 Å². The van der Waals surface area contributed by atoms with Crippen LogP contribution in [0.5, 0.6) is 11.5 Å². The van der Waals surface area contributed by atoms with Gasteiger partial charge in [0.15, 0.2) is 0 Å². The molecule has 58 heavy (non-hydrogen) atoms. The Labute approximate surface area is 348 Å². The highest BCUT2D eigenvalue weighted by atomic mass is 35.5. The first kappa shape index (κ1) is 41.5. The molecule has 2 saturated heterocycles. The SMILES string of the molecule is CC1(C)CCC(CN2CCN(c3ccc(C(=O)NS(=O)(=O)c4ccc(NN5CCOCC5)c([N+](=O)[O-])c4)c(Oc4cccc(Cl)c4)c3)CC2)=C(c2ccc(Cl)cc2)C1. The van der Waals surface area contributed by atoms with Crippen LogP contribution in [0.3, 0.4) is 0 Å². The number of rotatable bonds is 12. The molecule has 2 aliphatic heterocycles. The summed E-state index contributed by atoms with van der Waals surface area (Å²) in [5, 5.41) is 14.9. The summed E-state index contributed by atoms with van der Waals surface area (Å²) in [5.74, 6) is -0.494. The zero-order valence-electron chi connectivity index (χ0n) is 32.4. The van der Waals surface area contributed by atoms with Crippen LogP contribution in [0.25, 0.3) is 5.57 Å². The van der Waals surface area contributed by atoms with Gasteiger partial charge in [-0.1, -0.05) is 60.8 Å². The zero-order valence-corrected chi connectivity index (χ0v) is 34.7. The number of hydrogen-bond acceptors (Lipinski definition) is 11. The number of carbonyl (C=O) groups is 1. The van der Waals surface area contributed by atoms with Crippen molar-refractivity contribution in [2.75, 3.05) is 69.4 Å². The van der Waals surface area contributed by atoms with Gasteiger partial charge < -0.3 is 19.8 Å². The molecule has 4 aromatic carbocycles. The summed E-state index contributed by atoms with van der Waals surface area (Å²) < 4.78 is 40.7. The molecule has 2 N–H and O–H groups in total. The van der Waals surface area contributed by atoms with Crippen LogP contribution >= 0.6 is 23.2 Å². The van der Waals surface area contributed by atoms with E-state index in [2.05, 4.69) is 45.9 Å². The molecule has 0 radical (unpaired) electrons. The van der Waals surface area contributed by atoms with E-state index in [1.54, 1.807) is 41.4 Å². The van der Waals surface area contributed by atoms with E-state index in [1.807, 2.05) is 12.1 Å². The second-order valence-corrected chi connectivity index (χ2v) is 18.1. The molecule has 1 aliphatic carbocycles. The zero-order chi connectivity index (χ0) is 41.0. The predicted molar refractivity (Wildman–Crippen MR) is 226 cm³/mol. The highest BCUT2D eigenvalue weighted by molar-refractivity contribution is 7.90. The summed E-state index contributed by atoms with van der Waals surface area (Å²) >= 11 is 12.5. The van der Waals surface area contributed by atoms with Crippen molar-refractivity contribution in [3.8, 4) is 11.5 Å². The maximum atomic E-state index is 13.8. The van der Waals surface area contributed by atoms with Crippen LogP contribution in [0, 0.1) is 15.5 Å². The Balaban J connectivity index is 1.08. The van der Waals surface area contributed by atoms with Crippen molar-refractivity contribution in [1.29, 1.82) is 0 Å². The third kappa shape index (κ3) is 10.1. The number of ether oxygens (including phenoxy) is 2. The third-order valence-electron chi connectivity index (χ3n) is 10.8. The molecule has 2 fully saturated rings. The molecule has 16 heteroatoms. The summed E-state index contributed by atoms with van der Waals surface area (Å²) in [6.45, 7) is 10.5. The van der Waals surface area contributed by atoms with Gasteiger partial charge in [0.25, 0.3) is 21.6 Å².